The van der Waals surface area contributed by atoms with Crippen LogP contribution in [0.1, 0.15) is 108 Å². The Balaban J connectivity index is 0.00000100. The molecular formula is C33H49NO. The van der Waals surface area contributed by atoms with Crippen molar-refractivity contribution in [3.05, 3.63) is 66.2 Å². The molecule has 2 nitrogen and oxygen atoms in total. The summed E-state index contributed by atoms with van der Waals surface area (Å²) in [4.78, 5) is 9.06. The topological polar surface area (TPSA) is 29.1 Å². The molecule has 1 aliphatic carbocycles. The highest BCUT2D eigenvalue weighted by atomic mass is 16.1. The number of carbonyl (C=O) groups excluding carboxylic acids is 1. The zero-order valence-corrected chi connectivity index (χ0v) is 22.7. The molecule has 2 heteroatoms. The van der Waals surface area contributed by atoms with Crippen molar-refractivity contribution in [1.29, 1.82) is 0 Å². The van der Waals surface area contributed by atoms with Gasteiger partial charge < -0.3 is 5.32 Å². The van der Waals surface area contributed by atoms with Gasteiger partial charge in [0.2, 0.25) is 0 Å². The van der Waals surface area contributed by atoms with E-state index in [9.17, 15) is 0 Å². The first-order chi connectivity index (χ1) is 17.2. The number of unbranched alkanes of at least 4 members (excludes halogenated alkanes) is 6. The Labute approximate surface area is 215 Å². The van der Waals surface area contributed by atoms with Gasteiger partial charge in [-0.1, -0.05) is 102 Å². The van der Waals surface area contributed by atoms with Gasteiger partial charge >= 0.3 is 0 Å². The maximum Gasteiger partial charge on any atom is 0.142 e. The third-order valence-corrected chi connectivity index (χ3v) is 7.63. The second-order valence-corrected chi connectivity index (χ2v) is 10.1. The molecule has 0 amide bonds. The minimum atomic E-state index is 0.639. The number of hydrogen-bond donors (Lipinski definition) is 1. The van der Waals surface area contributed by atoms with Crippen molar-refractivity contribution < 1.29 is 4.79 Å². The van der Waals surface area contributed by atoms with E-state index in [0.717, 1.165) is 18.3 Å². The van der Waals surface area contributed by atoms with E-state index in [1.807, 2.05) is 7.05 Å². The summed E-state index contributed by atoms with van der Waals surface area (Å²) in [5.41, 5.74) is 6.92. The maximum atomic E-state index is 9.06. The van der Waals surface area contributed by atoms with E-state index in [0.29, 0.717) is 6.29 Å². The number of hydrogen-bond acceptors (Lipinski definition) is 2. The quantitative estimate of drug-likeness (QED) is 0.177. The van der Waals surface area contributed by atoms with E-state index < -0.39 is 0 Å². The maximum absolute atomic E-state index is 9.06. The molecule has 0 spiro atoms. The minimum Gasteiger partial charge on any atom is -0.388 e. The van der Waals surface area contributed by atoms with Crippen LogP contribution in [0.3, 0.4) is 0 Å². The Hall–Kier alpha value is -2.35. The second-order valence-electron chi connectivity index (χ2n) is 10.1. The molecule has 1 fully saturated rings. The first-order valence-corrected chi connectivity index (χ1v) is 14.1. The average Bonchev–Trinajstić information content (AvgIpc) is 2.92. The van der Waals surface area contributed by atoms with Crippen LogP contribution in [-0.4, -0.2) is 13.3 Å². The normalized spacial score (nSPS) is 17.2. The number of rotatable bonds is 13. The van der Waals surface area contributed by atoms with Gasteiger partial charge in [-0.2, -0.15) is 0 Å². The standard InChI is InChI=1S/C30H45N.C3H4O/c1-4-6-7-8-9-10-11-12-24-13-15-26(16-14-24)27-17-19-28(20-18-27)30-22-21-29(31-3)23-25(30)5-2;1-2-3-4/h17-24,26,31H,4-16H2,1-3H3;2-3H,1H2. The van der Waals surface area contributed by atoms with E-state index in [-0.39, 0.29) is 0 Å². The fourth-order valence-corrected chi connectivity index (χ4v) is 5.43. The van der Waals surface area contributed by atoms with E-state index in [2.05, 4.69) is 68.2 Å². The minimum absolute atomic E-state index is 0.639. The van der Waals surface area contributed by atoms with Crippen LogP contribution >= 0.6 is 0 Å². The Morgan fingerprint density at radius 2 is 1.51 bits per heavy atom. The lowest BCUT2D eigenvalue weighted by molar-refractivity contribution is -0.104. The summed E-state index contributed by atoms with van der Waals surface area (Å²) in [6.45, 7) is 7.66. The predicted molar refractivity (Wildman–Crippen MR) is 154 cm³/mol. The van der Waals surface area contributed by atoms with Crippen LogP contribution in [0.15, 0.2) is 55.1 Å². The molecule has 1 N–H and O–H groups in total. The molecule has 2 aromatic rings. The fraction of sp³-hybridized carbons (Fsp3) is 0.545. The van der Waals surface area contributed by atoms with E-state index in [1.54, 1.807) is 5.56 Å². The van der Waals surface area contributed by atoms with Crippen LogP contribution < -0.4 is 5.32 Å². The Morgan fingerprint density at radius 1 is 0.886 bits per heavy atom. The van der Waals surface area contributed by atoms with Gasteiger partial charge in [-0.15, -0.1) is 0 Å². The highest BCUT2D eigenvalue weighted by molar-refractivity contribution is 5.70. The lowest BCUT2D eigenvalue weighted by Crippen LogP contribution is -2.13. The van der Waals surface area contributed by atoms with Crippen LogP contribution in [0.25, 0.3) is 11.1 Å². The molecule has 0 aromatic heterocycles. The van der Waals surface area contributed by atoms with E-state index in [4.69, 9.17) is 4.79 Å². The summed E-state index contributed by atoms with van der Waals surface area (Å²) in [7, 11) is 1.99. The number of carbonyl (C=O) groups is 1. The van der Waals surface area contributed by atoms with Gasteiger partial charge in [0.1, 0.15) is 6.29 Å². The predicted octanol–water partition coefficient (Wildman–Crippen LogP) is 9.74. The van der Waals surface area contributed by atoms with Crippen LogP contribution in [0.2, 0.25) is 0 Å². The monoisotopic (exact) mass is 475 g/mol. The smallest absolute Gasteiger partial charge is 0.142 e. The molecule has 0 radical (unpaired) electrons. The van der Waals surface area contributed by atoms with Gasteiger partial charge in [0.15, 0.2) is 0 Å². The molecular weight excluding hydrogens is 426 g/mol. The largest absolute Gasteiger partial charge is 0.388 e. The van der Waals surface area contributed by atoms with E-state index in [1.165, 1.54) is 106 Å². The summed E-state index contributed by atoms with van der Waals surface area (Å²) in [5, 5.41) is 3.26. The molecule has 0 bridgehead atoms. The third-order valence-electron chi connectivity index (χ3n) is 7.63. The SMILES string of the molecule is C=CC=O.CCCCCCCCCC1CCC(c2ccc(-c3ccc(NC)cc3CC)cc2)CC1. The molecule has 1 aliphatic rings. The molecule has 2 aromatic carbocycles. The molecule has 3 rings (SSSR count). The molecule has 192 valence electrons. The Morgan fingerprint density at radius 3 is 2.09 bits per heavy atom. The fourth-order valence-electron chi connectivity index (χ4n) is 5.43. The summed E-state index contributed by atoms with van der Waals surface area (Å²) in [5.74, 6) is 1.76. The van der Waals surface area contributed by atoms with E-state index >= 15 is 0 Å². The number of anilines is 1. The highest BCUT2D eigenvalue weighted by Crippen LogP contribution is 2.38. The van der Waals surface area contributed by atoms with Crippen molar-refractivity contribution in [3.63, 3.8) is 0 Å². The van der Waals surface area contributed by atoms with Crippen molar-refractivity contribution >= 4 is 12.0 Å². The summed E-state index contributed by atoms with van der Waals surface area (Å²) in [6.07, 6.45) is 20.1. The number of aryl methyl sites for hydroxylation is 1. The third kappa shape index (κ3) is 10.0. The van der Waals surface area contributed by atoms with Crippen LogP contribution in [0, 0.1) is 5.92 Å². The second kappa shape index (κ2) is 17.1. The van der Waals surface area contributed by atoms with Crippen molar-refractivity contribution in [2.24, 2.45) is 5.92 Å². The number of benzene rings is 2. The van der Waals surface area contributed by atoms with Gasteiger partial charge in [0, 0.05) is 12.7 Å². The number of allylic oxidation sites excluding steroid dienone is 1. The van der Waals surface area contributed by atoms with Crippen LogP contribution in [-0.2, 0) is 11.2 Å². The zero-order chi connectivity index (χ0) is 25.3. The lowest BCUT2D eigenvalue weighted by atomic mass is 9.77. The summed E-state index contributed by atoms with van der Waals surface area (Å²) in [6, 6.07) is 16.3. The van der Waals surface area contributed by atoms with Crippen molar-refractivity contribution in [1.82, 2.24) is 0 Å². The highest BCUT2D eigenvalue weighted by Gasteiger charge is 2.22. The van der Waals surface area contributed by atoms with Crippen LogP contribution in [0.5, 0.6) is 0 Å². The van der Waals surface area contributed by atoms with Gasteiger partial charge in [0.25, 0.3) is 0 Å². The van der Waals surface area contributed by atoms with Gasteiger partial charge in [-0.05, 0) is 84.4 Å². The molecule has 0 saturated heterocycles. The first kappa shape index (κ1) is 28.9. The molecule has 35 heavy (non-hydrogen) atoms. The molecule has 1 saturated carbocycles. The number of aldehydes is 1. The molecule has 0 atom stereocenters. The van der Waals surface area contributed by atoms with Gasteiger partial charge in [-0.25, -0.2) is 0 Å². The molecule has 0 heterocycles. The van der Waals surface area contributed by atoms with Crippen molar-refractivity contribution in [3.8, 4) is 11.1 Å². The zero-order valence-electron chi connectivity index (χ0n) is 22.7. The van der Waals surface area contributed by atoms with Gasteiger partial charge in [0.05, 0.1) is 0 Å². The Kier molecular flexibility index (Phi) is 14.1. The van der Waals surface area contributed by atoms with Crippen molar-refractivity contribution in [2.45, 2.75) is 103 Å². The lowest BCUT2D eigenvalue weighted by Gasteiger charge is -2.29. The number of nitrogens with one attached hydrogen (secondary N) is 1. The molecule has 0 unspecified atom stereocenters. The summed E-state index contributed by atoms with van der Waals surface area (Å²) < 4.78 is 0. The van der Waals surface area contributed by atoms with Crippen LogP contribution in [0.4, 0.5) is 5.69 Å². The Bertz CT molecular complexity index is 840. The van der Waals surface area contributed by atoms with Gasteiger partial charge in [-0.3, -0.25) is 4.79 Å². The average molecular weight is 476 g/mol. The summed E-state index contributed by atoms with van der Waals surface area (Å²) >= 11 is 0. The van der Waals surface area contributed by atoms with Crippen molar-refractivity contribution in [2.75, 3.05) is 12.4 Å². The molecule has 0 aliphatic heterocycles. The first-order valence-electron chi connectivity index (χ1n) is 14.1.